The van der Waals surface area contributed by atoms with Gasteiger partial charge in [0.15, 0.2) is 5.78 Å². The number of methoxy groups -OCH3 is 2. The first-order valence-corrected chi connectivity index (χ1v) is 8.25. The molecule has 6 heteroatoms. The Hall–Kier alpha value is -2.73. The SMILES string of the molecule is COc1cc(OC)c2c(c1)C(=O)C=C(S(=O)c1ccccc1)C2=O. The molecule has 3 rings (SSSR count). The Morgan fingerprint density at radius 2 is 1.67 bits per heavy atom. The van der Waals surface area contributed by atoms with E-state index in [0.29, 0.717) is 10.6 Å². The highest BCUT2D eigenvalue weighted by molar-refractivity contribution is 7.90. The summed E-state index contributed by atoms with van der Waals surface area (Å²) in [7, 11) is 1.12. The van der Waals surface area contributed by atoms with Gasteiger partial charge >= 0.3 is 0 Å². The van der Waals surface area contributed by atoms with Crippen LogP contribution in [0.5, 0.6) is 11.5 Å². The third-order valence-electron chi connectivity index (χ3n) is 3.67. The van der Waals surface area contributed by atoms with Crippen molar-refractivity contribution in [1.82, 2.24) is 0 Å². The van der Waals surface area contributed by atoms with Gasteiger partial charge in [-0.1, -0.05) is 18.2 Å². The number of ketones is 2. The number of hydrogen-bond acceptors (Lipinski definition) is 5. The molecule has 1 aliphatic carbocycles. The molecule has 2 aromatic rings. The standard InChI is InChI=1S/C18H14O5S/c1-22-11-8-13-14(19)10-16(18(20)17(13)15(9-11)23-2)24(21)12-6-4-3-5-7-12/h3-10H,1-2H3. The zero-order chi connectivity index (χ0) is 17.3. The van der Waals surface area contributed by atoms with Gasteiger partial charge < -0.3 is 9.47 Å². The van der Waals surface area contributed by atoms with Crippen LogP contribution in [0.2, 0.25) is 0 Å². The highest BCUT2D eigenvalue weighted by atomic mass is 32.2. The lowest BCUT2D eigenvalue weighted by molar-refractivity contribution is 0.0988. The Balaban J connectivity index is 2.12. The van der Waals surface area contributed by atoms with Crippen LogP contribution in [0.1, 0.15) is 20.7 Å². The minimum atomic E-state index is -1.74. The molecule has 5 nitrogen and oxygen atoms in total. The maximum absolute atomic E-state index is 12.8. The number of ether oxygens (including phenoxy) is 2. The van der Waals surface area contributed by atoms with Crippen molar-refractivity contribution in [2.45, 2.75) is 4.90 Å². The lowest BCUT2D eigenvalue weighted by Crippen LogP contribution is -2.21. The van der Waals surface area contributed by atoms with Crippen molar-refractivity contribution in [2.24, 2.45) is 0 Å². The monoisotopic (exact) mass is 342 g/mol. The summed E-state index contributed by atoms with van der Waals surface area (Å²) in [5.74, 6) is -0.251. The van der Waals surface area contributed by atoms with Crippen molar-refractivity contribution in [3.8, 4) is 11.5 Å². The molecule has 0 heterocycles. The molecule has 0 amide bonds. The van der Waals surface area contributed by atoms with Crippen molar-refractivity contribution in [3.63, 3.8) is 0 Å². The van der Waals surface area contributed by atoms with Gasteiger partial charge in [0.05, 0.1) is 35.5 Å². The Kier molecular flexibility index (Phi) is 4.31. The molecule has 0 N–H and O–H groups in total. The van der Waals surface area contributed by atoms with Crippen LogP contribution in [0.4, 0.5) is 0 Å². The molecule has 0 spiro atoms. The number of benzene rings is 2. The first kappa shape index (κ1) is 16.1. The second-order valence-electron chi connectivity index (χ2n) is 5.04. The fourth-order valence-corrected chi connectivity index (χ4v) is 3.63. The first-order valence-electron chi connectivity index (χ1n) is 7.10. The second kappa shape index (κ2) is 6.41. The Morgan fingerprint density at radius 3 is 2.29 bits per heavy atom. The van der Waals surface area contributed by atoms with Crippen LogP contribution in [0.3, 0.4) is 0 Å². The number of hydrogen-bond donors (Lipinski definition) is 0. The van der Waals surface area contributed by atoms with E-state index in [4.69, 9.17) is 9.47 Å². The van der Waals surface area contributed by atoms with Crippen molar-refractivity contribution in [2.75, 3.05) is 14.2 Å². The van der Waals surface area contributed by atoms with Gasteiger partial charge in [0.25, 0.3) is 0 Å². The van der Waals surface area contributed by atoms with Crippen LogP contribution in [-0.2, 0) is 10.8 Å². The highest BCUT2D eigenvalue weighted by Crippen LogP contribution is 2.35. The van der Waals surface area contributed by atoms with Crippen LogP contribution in [-0.4, -0.2) is 30.0 Å². The molecule has 2 aromatic carbocycles. The summed E-state index contributed by atoms with van der Waals surface area (Å²) >= 11 is 0. The molecule has 1 aliphatic rings. The van der Waals surface area contributed by atoms with Crippen LogP contribution in [0.15, 0.2) is 58.3 Å². The Labute approximate surface area is 141 Å². The minimum Gasteiger partial charge on any atom is -0.497 e. The van der Waals surface area contributed by atoms with E-state index in [1.54, 1.807) is 30.3 Å². The predicted octanol–water partition coefficient (Wildman–Crippen LogP) is 2.77. The van der Waals surface area contributed by atoms with Crippen molar-refractivity contribution in [1.29, 1.82) is 0 Å². The van der Waals surface area contributed by atoms with Gasteiger partial charge in [-0.25, -0.2) is 4.21 Å². The summed E-state index contributed by atoms with van der Waals surface area (Å²) in [6.07, 6.45) is 1.13. The van der Waals surface area contributed by atoms with Crippen LogP contribution in [0.25, 0.3) is 0 Å². The van der Waals surface area contributed by atoms with Crippen molar-refractivity contribution >= 4 is 22.4 Å². The molecule has 0 aromatic heterocycles. The average Bonchev–Trinajstić information content (AvgIpc) is 2.63. The summed E-state index contributed by atoms with van der Waals surface area (Å²) < 4.78 is 23.0. The molecule has 24 heavy (non-hydrogen) atoms. The van der Waals surface area contributed by atoms with Crippen LogP contribution >= 0.6 is 0 Å². The second-order valence-corrected chi connectivity index (χ2v) is 6.48. The number of carbonyl (C=O) groups is 2. The quantitative estimate of drug-likeness (QED) is 0.854. The lowest BCUT2D eigenvalue weighted by atomic mass is 9.93. The van der Waals surface area contributed by atoms with E-state index >= 15 is 0 Å². The van der Waals surface area contributed by atoms with Crippen molar-refractivity contribution in [3.05, 3.63) is 64.6 Å². The Bertz CT molecular complexity index is 884. The number of Topliss-reactive ketones (excluding diaryl/α,β-unsaturated/α-hetero) is 1. The summed E-state index contributed by atoms with van der Waals surface area (Å²) in [6.45, 7) is 0. The van der Waals surface area contributed by atoms with E-state index < -0.39 is 22.4 Å². The first-order chi connectivity index (χ1) is 11.6. The van der Waals surface area contributed by atoms with Gasteiger partial charge in [-0.3, -0.25) is 9.59 Å². The maximum atomic E-state index is 12.8. The van der Waals surface area contributed by atoms with Gasteiger partial charge in [-0.2, -0.15) is 0 Å². The largest absolute Gasteiger partial charge is 0.497 e. The minimum absolute atomic E-state index is 0.0535. The number of allylic oxidation sites excluding steroid dienone is 2. The average molecular weight is 342 g/mol. The van der Waals surface area contributed by atoms with E-state index in [-0.39, 0.29) is 21.8 Å². The van der Waals surface area contributed by atoms with Crippen molar-refractivity contribution < 1.29 is 23.3 Å². The Morgan fingerprint density at radius 1 is 0.958 bits per heavy atom. The van der Waals surface area contributed by atoms with Gasteiger partial charge in [-0.05, 0) is 18.2 Å². The topological polar surface area (TPSA) is 69.7 Å². The van der Waals surface area contributed by atoms with Crippen LogP contribution < -0.4 is 9.47 Å². The van der Waals surface area contributed by atoms with E-state index in [0.717, 1.165) is 6.08 Å². The normalized spacial score (nSPS) is 14.7. The zero-order valence-electron chi connectivity index (χ0n) is 13.1. The predicted molar refractivity (Wildman–Crippen MR) is 89.1 cm³/mol. The van der Waals surface area contributed by atoms with Gasteiger partial charge in [0.2, 0.25) is 5.78 Å². The summed E-state index contributed by atoms with van der Waals surface area (Å²) in [4.78, 5) is 25.7. The zero-order valence-corrected chi connectivity index (χ0v) is 13.9. The lowest BCUT2D eigenvalue weighted by Gasteiger charge is -2.18. The smallest absolute Gasteiger partial charge is 0.206 e. The summed E-state index contributed by atoms with van der Waals surface area (Å²) in [5, 5.41) is 0. The van der Waals surface area contributed by atoms with Crippen LogP contribution in [0, 0.1) is 0 Å². The molecule has 122 valence electrons. The third-order valence-corrected chi connectivity index (χ3v) is 5.07. The maximum Gasteiger partial charge on any atom is 0.206 e. The van der Waals surface area contributed by atoms with Gasteiger partial charge in [0.1, 0.15) is 11.5 Å². The molecule has 0 fully saturated rings. The molecule has 0 saturated carbocycles. The molecule has 0 bridgehead atoms. The third kappa shape index (κ3) is 2.65. The summed E-state index contributed by atoms with van der Waals surface area (Å²) in [6, 6.07) is 11.5. The van der Waals surface area contributed by atoms with E-state index in [2.05, 4.69) is 0 Å². The molecule has 1 unspecified atom stereocenters. The number of carbonyl (C=O) groups excluding carboxylic acids is 2. The van der Waals surface area contributed by atoms with E-state index in [9.17, 15) is 13.8 Å². The molecule has 0 saturated heterocycles. The molecule has 0 radical (unpaired) electrons. The number of rotatable bonds is 4. The highest BCUT2D eigenvalue weighted by Gasteiger charge is 2.33. The molecule has 1 atom stereocenters. The van der Waals surface area contributed by atoms with E-state index in [1.165, 1.54) is 26.4 Å². The number of fused-ring (bicyclic) bond motifs is 1. The van der Waals surface area contributed by atoms with Gasteiger partial charge in [-0.15, -0.1) is 0 Å². The fourth-order valence-electron chi connectivity index (χ4n) is 2.49. The molecule has 0 aliphatic heterocycles. The summed E-state index contributed by atoms with van der Waals surface area (Å²) in [5.41, 5.74) is 0.301. The molecular formula is C18H14O5S. The van der Waals surface area contributed by atoms with E-state index in [1.807, 2.05) is 0 Å². The fraction of sp³-hybridized carbons (Fsp3) is 0.111. The molecular weight excluding hydrogens is 328 g/mol. The van der Waals surface area contributed by atoms with Gasteiger partial charge in [0, 0.05) is 22.6 Å².